The van der Waals surface area contributed by atoms with E-state index in [2.05, 4.69) is 51.7 Å². The lowest BCUT2D eigenvalue weighted by atomic mass is 9.84. The van der Waals surface area contributed by atoms with Gasteiger partial charge >= 0.3 is 0 Å². The molecule has 0 saturated heterocycles. The van der Waals surface area contributed by atoms with E-state index in [1.807, 2.05) is 0 Å². The summed E-state index contributed by atoms with van der Waals surface area (Å²) in [5, 5.41) is 1.57. The highest BCUT2D eigenvalue weighted by atomic mass is 32.2. The first kappa shape index (κ1) is 19.7. The Labute approximate surface area is 175 Å². The van der Waals surface area contributed by atoms with Crippen molar-refractivity contribution < 1.29 is 0 Å². The molecule has 0 saturated carbocycles. The quantitative estimate of drug-likeness (QED) is 0.419. The Balaban J connectivity index is 1.62. The van der Waals surface area contributed by atoms with Gasteiger partial charge in [-0.1, -0.05) is 44.7 Å². The molecule has 28 heavy (non-hydrogen) atoms. The van der Waals surface area contributed by atoms with E-state index in [1.165, 1.54) is 45.5 Å². The number of hydrogen-bond donors (Lipinski definition) is 1. The van der Waals surface area contributed by atoms with Crippen LogP contribution in [-0.2, 0) is 24.0 Å². The molecule has 0 amide bonds. The number of rotatable bonds is 3. The zero-order valence-electron chi connectivity index (χ0n) is 17.4. The van der Waals surface area contributed by atoms with Crippen molar-refractivity contribution in [2.24, 2.45) is 0 Å². The molecule has 0 fully saturated rings. The molecule has 0 atom stereocenters. The maximum Gasteiger partial charge on any atom is 0.260 e. The molecule has 148 valence electrons. The third kappa shape index (κ3) is 3.67. The van der Waals surface area contributed by atoms with Crippen LogP contribution in [0, 0.1) is 13.8 Å². The van der Waals surface area contributed by atoms with E-state index in [0.717, 1.165) is 34.0 Å². The third-order valence-corrected chi connectivity index (χ3v) is 7.80. The standard InChI is InChI=1S/C23H28N2OS2/c1-13-10-15(23(3,4)5)11-14(2)17(13)12-27-22-24-20(26)19-16-8-6-7-9-18(16)28-21(19)25-22/h10-11H,6-9,12H2,1-5H3,(H,24,25,26). The van der Waals surface area contributed by atoms with Gasteiger partial charge in [0.2, 0.25) is 0 Å². The number of benzene rings is 1. The van der Waals surface area contributed by atoms with E-state index in [-0.39, 0.29) is 11.0 Å². The van der Waals surface area contributed by atoms with E-state index in [0.29, 0.717) is 0 Å². The number of aromatic nitrogens is 2. The van der Waals surface area contributed by atoms with Crippen LogP contribution in [0.2, 0.25) is 0 Å². The molecule has 5 heteroatoms. The van der Waals surface area contributed by atoms with Crippen molar-refractivity contribution >= 4 is 33.3 Å². The minimum atomic E-state index is 0.0309. The van der Waals surface area contributed by atoms with Gasteiger partial charge in [-0.3, -0.25) is 4.79 Å². The summed E-state index contributed by atoms with van der Waals surface area (Å²) >= 11 is 3.35. The van der Waals surface area contributed by atoms with Gasteiger partial charge in [0.05, 0.1) is 5.39 Å². The van der Waals surface area contributed by atoms with Gasteiger partial charge in [0.15, 0.2) is 5.16 Å². The summed E-state index contributed by atoms with van der Waals surface area (Å²) < 4.78 is 0. The summed E-state index contributed by atoms with van der Waals surface area (Å²) in [4.78, 5) is 22.8. The summed E-state index contributed by atoms with van der Waals surface area (Å²) in [6.45, 7) is 11.1. The first-order valence-corrected chi connectivity index (χ1v) is 11.8. The highest BCUT2D eigenvalue weighted by Crippen LogP contribution is 2.35. The molecule has 1 aliphatic rings. The molecule has 0 aliphatic heterocycles. The molecular formula is C23H28N2OS2. The third-order valence-electron chi connectivity index (χ3n) is 5.72. The number of thioether (sulfide) groups is 1. The number of aromatic amines is 1. The largest absolute Gasteiger partial charge is 0.301 e. The van der Waals surface area contributed by atoms with E-state index in [4.69, 9.17) is 4.98 Å². The predicted molar refractivity (Wildman–Crippen MR) is 121 cm³/mol. The normalized spacial score (nSPS) is 14.5. The van der Waals surface area contributed by atoms with Crippen LogP contribution in [0.4, 0.5) is 0 Å². The van der Waals surface area contributed by atoms with Crippen LogP contribution in [0.25, 0.3) is 10.2 Å². The molecule has 0 unspecified atom stereocenters. The Morgan fingerprint density at radius 1 is 1.14 bits per heavy atom. The summed E-state index contributed by atoms with van der Waals surface area (Å²) in [6.07, 6.45) is 4.52. The van der Waals surface area contributed by atoms with Gasteiger partial charge in [-0.15, -0.1) is 11.3 Å². The van der Waals surface area contributed by atoms with Gasteiger partial charge in [0, 0.05) is 10.6 Å². The predicted octanol–water partition coefficient (Wildman–Crippen LogP) is 6.07. The fraction of sp³-hybridized carbons (Fsp3) is 0.478. The van der Waals surface area contributed by atoms with Crippen LogP contribution >= 0.6 is 23.1 Å². The molecule has 1 aromatic carbocycles. The van der Waals surface area contributed by atoms with Gasteiger partial charge in [0.1, 0.15) is 4.83 Å². The minimum absolute atomic E-state index is 0.0309. The highest BCUT2D eigenvalue weighted by Gasteiger charge is 2.20. The fourth-order valence-electron chi connectivity index (χ4n) is 4.01. The van der Waals surface area contributed by atoms with Gasteiger partial charge < -0.3 is 4.98 Å². The summed E-state index contributed by atoms with van der Waals surface area (Å²) in [5.74, 6) is 0.821. The summed E-state index contributed by atoms with van der Waals surface area (Å²) in [5.41, 5.74) is 6.76. The lowest BCUT2D eigenvalue weighted by Crippen LogP contribution is -2.12. The van der Waals surface area contributed by atoms with Crippen LogP contribution in [0.1, 0.15) is 66.3 Å². The zero-order valence-corrected chi connectivity index (χ0v) is 19.0. The van der Waals surface area contributed by atoms with Gasteiger partial charge in [-0.2, -0.15) is 0 Å². The van der Waals surface area contributed by atoms with Crippen molar-refractivity contribution in [2.75, 3.05) is 0 Å². The maximum atomic E-state index is 12.7. The first-order chi connectivity index (χ1) is 13.2. The Bertz CT molecular complexity index is 1080. The average Bonchev–Trinajstić information content (AvgIpc) is 2.98. The number of nitrogens with one attached hydrogen (secondary N) is 1. The number of thiophene rings is 1. The van der Waals surface area contributed by atoms with E-state index in [9.17, 15) is 4.79 Å². The average molecular weight is 413 g/mol. The SMILES string of the molecule is Cc1cc(C(C)(C)C)cc(C)c1CSc1nc2sc3c(c2c(=O)[nH]1)CCCC3. The number of H-pyrrole nitrogens is 1. The highest BCUT2D eigenvalue weighted by molar-refractivity contribution is 7.98. The van der Waals surface area contributed by atoms with Gasteiger partial charge in [-0.05, 0) is 72.8 Å². The van der Waals surface area contributed by atoms with Gasteiger partial charge in [-0.25, -0.2) is 4.98 Å². The molecule has 4 rings (SSSR count). The molecule has 2 heterocycles. The number of fused-ring (bicyclic) bond motifs is 3. The number of nitrogens with zero attached hydrogens (tertiary/aromatic N) is 1. The Morgan fingerprint density at radius 2 is 1.82 bits per heavy atom. The first-order valence-electron chi connectivity index (χ1n) is 10.0. The second kappa shape index (κ2) is 7.34. The minimum Gasteiger partial charge on any atom is -0.301 e. The molecular weight excluding hydrogens is 384 g/mol. The van der Waals surface area contributed by atoms with Crippen molar-refractivity contribution in [3.8, 4) is 0 Å². The molecule has 3 nitrogen and oxygen atoms in total. The van der Waals surface area contributed by atoms with Crippen molar-refractivity contribution in [3.63, 3.8) is 0 Å². The summed E-state index contributed by atoms with van der Waals surface area (Å²) in [6, 6.07) is 4.60. The Morgan fingerprint density at radius 3 is 2.50 bits per heavy atom. The van der Waals surface area contributed by atoms with Crippen LogP contribution in [-0.4, -0.2) is 9.97 Å². The number of hydrogen-bond acceptors (Lipinski definition) is 4. The molecule has 1 N–H and O–H groups in total. The van der Waals surface area contributed by atoms with E-state index in [1.54, 1.807) is 23.1 Å². The van der Waals surface area contributed by atoms with Gasteiger partial charge in [0.25, 0.3) is 5.56 Å². The van der Waals surface area contributed by atoms with Crippen molar-refractivity contribution in [1.82, 2.24) is 9.97 Å². The molecule has 2 aromatic heterocycles. The number of aryl methyl sites for hydroxylation is 4. The molecule has 0 radical (unpaired) electrons. The second-order valence-electron chi connectivity index (χ2n) is 8.89. The smallest absolute Gasteiger partial charge is 0.260 e. The molecule has 0 bridgehead atoms. The lowest BCUT2D eigenvalue weighted by Gasteiger charge is -2.22. The Kier molecular flexibility index (Phi) is 5.17. The zero-order chi connectivity index (χ0) is 20.1. The van der Waals surface area contributed by atoms with E-state index < -0.39 is 0 Å². The van der Waals surface area contributed by atoms with Crippen molar-refractivity contribution in [1.29, 1.82) is 0 Å². The monoisotopic (exact) mass is 412 g/mol. The van der Waals surface area contributed by atoms with Crippen molar-refractivity contribution in [2.45, 2.75) is 76.6 Å². The summed E-state index contributed by atoms with van der Waals surface area (Å²) in [7, 11) is 0. The van der Waals surface area contributed by atoms with Crippen LogP contribution < -0.4 is 5.56 Å². The maximum absolute atomic E-state index is 12.7. The second-order valence-corrected chi connectivity index (χ2v) is 10.9. The van der Waals surface area contributed by atoms with Crippen LogP contribution in [0.5, 0.6) is 0 Å². The molecule has 3 aromatic rings. The van der Waals surface area contributed by atoms with Crippen molar-refractivity contribution in [3.05, 3.63) is 55.2 Å². The fourth-order valence-corrected chi connectivity index (χ4v) is 6.38. The van der Waals surface area contributed by atoms with E-state index >= 15 is 0 Å². The molecule has 0 spiro atoms. The van der Waals surface area contributed by atoms with Crippen LogP contribution in [0.15, 0.2) is 22.1 Å². The topological polar surface area (TPSA) is 45.8 Å². The lowest BCUT2D eigenvalue weighted by molar-refractivity contribution is 0.589. The van der Waals surface area contributed by atoms with Crippen LogP contribution in [0.3, 0.4) is 0 Å². The Hall–Kier alpha value is -1.59. The molecule has 1 aliphatic carbocycles.